The lowest BCUT2D eigenvalue weighted by Crippen LogP contribution is -2.42. The summed E-state index contributed by atoms with van der Waals surface area (Å²) in [5.41, 5.74) is 1.73. The molecule has 1 N–H and O–H groups in total. The third-order valence-electron chi connectivity index (χ3n) is 5.11. The van der Waals surface area contributed by atoms with Crippen LogP contribution in [0, 0.1) is 0 Å². The Morgan fingerprint density at radius 3 is 2.89 bits per heavy atom. The fourth-order valence-corrected chi connectivity index (χ4v) is 4.67. The Bertz CT molecular complexity index is 860. The first-order valence-electron chi connectivity index (χ1n) is 9.31. The number of aromatic nitrogens is 1. The van der Waals surface area contributed by atoms with Crippen LogP contribution in [-0.4, -0.2) is 56.1 Å². The monoisotopic (exact) mass is 389 g/mol. The maximum absolute atomic E-state index is 12.7. The molecular formula is C19H23N3O4S. The number of carbonyl (C=O) groups excluding carboxylic acids is 2. The first-order chi connectivity index (χ1) is 13.2. The van der Waals surface area contributed by atoms with Gasteiger partial charge in [-0.05, 0) is 25.0 Å². The molecule has 1 aromatic carbocycles. The van der Waals surface area contributed by atoms with E-state index < -0.39 is 0 Å². The molecule has 4 rings (SSSR count). The van der Waals surface area contributed by atoms with E-state index >= 15 is 0 Å². The van der Waals surface area contributed by atoms with Crippen LogP contribution in [0.25, 0.3) is 10.2 Å². The molecule has 2 aliphatic rings. The molecule has 27 heavy (non-hydrogen) atoms. The fourth-order valence-electron chi connectivity index (χ4n) is 3.64. The van der Waals surface area contributed by atoms with E-state index in [1.807, 2.05) is 12.1 Å². The van der Waals surface area contributed by atoms with Crippen molar-refractivity contribution in [3.05, 3.63) is 17.1 Å². The summed E-state index contributed by atoms with van der Waals surface area (Å²) in [6, 6.07) is 3.51. The summed E-state index contributed by atoms with van der Waals surface area (Å²) in [6.45, 7) is 2.97. The van der Waals surface area contributed by atoms with Gasteiger partial charge in [0.15, 0.2) is 10.8 Å². The molecule has 1 unspecified atom stereocenters. The maximum Gasteiger partial charge on any atom is 0.280 e. The largest absolute Gasteiger partial charge is 0.494 e. The molecular weight excluding hydrogens is 366 g/mol. The predicted octanol–water partition coefficient (Wildman–Crippen LogP) is 2.38. The quantitative estimate of drug-likeness (QED) is 0.865. The van der Waals surface area contributed by atoms with Crippen molar-refractivity contribution >= 4 is 38.9 Å². The highest BCUT2D eigenvalue weighted by atomic mass is 32.1. The average Bonchev–Trinajstić information content (AvgIpc) is 3.15. The van der Waals surface area contributed by atoms with Crippen LogP contribution in [0.5, 0.6) is 5.75 Å². The molecule has 7 nitrogen and oxygen atoms in total. The number of fused-ring (bicyclic) bond motifs is 1. The smallest absolute Gasteiger partial charge is 0.280 e. The van der Waals surface area contributed by atoms with Crippen molar-refractivity contribution in [1.29, 1.82) is 0 Å². The third kappa shape index (κ3) is 3.64. The Morgan fingerprint density at radius 1 is 1.33 bits per heavy atom. The van der Waals surface area contributed by atoms with Crippen LogP contribution >= 0.6 is 11.3 Å². The number of benzene rings is 1. The number of nitrogens with one attached hydrogen (secondary N) is 1. The van der Waals surface area contributed by atoms with Crippen molar-refractivity contribution in [3.8, 4) is 5.75 Å². The van der Waals surface area contributed by atoms with E-state index in [4.69, 9.17) is 9.47 Å². The van der Waals surface area contributed by atoms with Gasteiger partial charge in [-0.1, -0.05) is 6.42 Å². The number of thiazole rings is 1. The lowest BCUT2D eigenvalue weighted by Gasteiger charge is -2.29. The van der Waals surface area contributed by atoms with Gasteiger partial charge in [0.05, 0.1) is 36.8 Å². The molecule has 2 heterocycles. The average molecular weight is 389 g/mol. The maximum atomic E-state index is 12.7. The standard InChI is InChI=1S/C19H23N3O4S/c1-25-15-7-6-13(22-8-10-26-11-9-22)17-16(15)21-19(27-17)18(24)20-12-4-2-3-5-14(12)23/h6-7,12H,2-5,8-11H2,1H3,(H,20,24). The molecule has 2 fully saturated rings. The van der Waals surface area contributed by atoms with Gasteiger partial charge >= 0.3 is 0 Å². The zero-order chi connectivity index (χ0) is 18.8. The number of morpholine rings is 1. The number of hydrogen-bond donors (Lipinski definition) is 1. The highest BCUT2D eigenvalue weighted by molar-refractivity contribution is 7.21. The van der Waals surface area contributed by atoms with Gasteiger partial charge in [-0.2, -0.15) is 0 Å². The number of rotatable bonds is 4. The lowest BCUT2D eigenvalue weighted by molar-refractivity contribution is -0.122. The predicted molar refractivity (Wildman–Crippen MR) is 104 cm³/mol. The summed E-state index contributed by atoms with van der Waals surface area (Å²) in [5.74, 6) is 0.472. The molecule has 144 valence electrons. The van der Waals surface area contributed by atoms with Crippen LogP contribution in [0.3, 0.4) is 0 Å². The number of ether oxygens (including phenoxy) is 2. The summed E-state index contributed by atoms with van der Waals surface area (Å²) in [5, 5.41) is 3.23. The first-order valence-corrected chi connectivity index (χ1v) is 10.1. The van der Waals surface area contributed by atoms with Gasteiger partial charge < -0.3 is 19.7 Å². The fraction of sp³-hybridized carbons (Fsp3) is 0.526. The second-order valence-corrected chi connectivity index (χ2v) is 7.82. The van der Waals surface area contributed by atoms with Crippen LogP contribution < -0.4 is 15.0 Å². The van der Waals surface area contributed by atoms with E-state index in [2.05, 4.69) is 15.2 Å². The number of ketones is 1. The Kier molecular flexibility index (Phi) is 5.27. The Hall–Kier alpha value is -2.19. The van der Waals surface area contributed by atoms with Crippen molar-refractivity contribution in [2.45, 2.75) is 31.7 Å². The number of nitrogens with zero attached hydrogens (tertiary/aromatic N) is 2. The molecule has 8 heteroatoms. The summed E-state index contributed by atoms with van der Waals surface area (Å²) < 4.78 is 11.8. The third-order valence-corrected chi connectivity index (χ3v) is 6.19. The van der Waals surface area contributed by atoms with Crippen molar-refractivity contribution in [1.82, 2.24) is 10.3 Å². The lowest BCUT2D eigenvalue weighted by atomic mass is 9.94. The van der Waals surface area contributed by atoms with Crippen LogP contribution in [0.4, 0.5) is 5.69 Å². The number of anilines is 1. The molecule has 0 bridgehead atoms. The zero-order valence-corrected chi connectivity index (χ0v) is 16.1. The van der Waals surface area contributed by atoms with Gasteiger partial charge in [-0.15, -0.1) is 11.3 Å². The normalized spacial score (nSPS) is 20.7. The van der Waals surface area contributed by atoms with Crippen LogP contribution in [-0.2, 0) is 9.53 Å². The number of amides is 1. The van der Waals surface area contributed by atoms with E-state index in [9.17, 15) is 9.59 Å². The second kappa shape index (κ2) is 7.82. The molecule has 0 radical (unpaired) electrons. The van der Waals surface area contributed by atoms with E-state index in [1.54, 1.807) is 7.11 Å². The Morgan fingerprint density at radius 2 is 2.15 bits per heavy atom. The van der Waals surface area contributed by atoms with Crippen molar-refractivity contribution in [2.75, 3.05) is 38.3 Å². The molecule has 1 saturated carbocycles. The second-order valence-electron chi connectivity index (χ2n) is 6.82. The highest BCUT2D eigenvalue weighted by Gasteiger charge is 2.26. The summed E-state index contributed by atoms with van der Waals surface area (Å²) >= 11 is 1.35. The first kappa shape index (κ1) is 18.2. The molecule has 1 atom stereocenters. The molecule has 0 spiro atoms. The SMILES string of the molecule is COc1ccc(N2CCOCC2)c2sc(C(=O)NC3CCCCC3=O)nc12. The molecule has 2 aromatic rings. The van der Waals surface area contributed by atoms with E-state index in [1.165, 1.54) is 11.3 Å². The van der Waals surface area contributed by atoms with Gasteiger partial charge in [0.1, 0.15) is 11.3 Å². The van der Waals surface area contributed by atoms with Gasteiger partial charge in [-0.3, -0.25) is 9.59 Å². The van der Waals surface area contributed by atoms with Crippen LogP contribution in [0.1, 0.15) is 35.5 Å². The van der Waals surface area contributed by atoms with Gasteiger partial charge in [0.25, 0.3) is 5.91 Å². The number of Topliss-reactive ketones (excluding diaryl/α,β-unsaturated/α-hetero) is 1. The van der Waals surface area contributed by atoms with Gasteiger partial charge in [0, 0.05) is 19.5 Å². The highest BCUT2D eigenvalue weighted by Crippen LogP contribution is 2.38. The van der Waals surface area contributed by atoms with Crippen LogP contribution in [0.15, 0.2) is 12.1 Å². The minimum atomic E-state index is -0.390. The summed E-state index contributed by atoms with van der Waals surface area (Å²) in [7, 11) is 1.60. The number of hydrogen-bond acceptors (Lipinski definition) is 7. The zero-order valence-electron chi connectivity index (χ0n) is 15.3. The molecule has 1 aliphatic carbocycles. The van der Waals surface area contributed by atoms with E-state index in [0.717, 1.165) is 36.3 Å². The minimum Gasteiger partial charge on any atom is -0.494 e. The Balaban J connectivity index is 1.65. The van der Waals surface area contributed by atoms with E-state index in [-0.39, 0.29) is 17.7 Å². The molecule has 1 amide bonds. The van der Waals surface area contributed by atoms with Gasteiger partial charge in [0.2, 0.25) is 0 Å². The molecule has 1 saturated heterocycles. The summed E-state index contributed by atoms with van der Waals surface area (Å²) in [6.07, 6.45) is 3.12. The molecule has 1 aliphatic heterocycles. The number of carbonyl (C=O) groups is 2. The van der Waals surface area contributed by atoms with Gasteiger partial charge in [-0.25, -0.2) is 4.98 Å². The van der Waals surface area contributed by atoms with E-state index in [0.29, 0.717) is 42.3 Å². The van der Waals surface area contributed by atoms with Crippen molar-refractivity contribution < 1.29 is 19.1 Å². The van der Waals surface area contributed by atoms with Crippen molar-refractivity contribution in [2.24, 2.45) is 0 Å². The van der Waals surface area contributed by atoms with Crippen molar-refractivity contribution in [3.63, 3.8) is 0 Å². The Labute approximate surface area is 161 Å². The minimum absolute atomic E-state index is 0.113. The number of methoxy groups -OCH3 is 1. The molecule has 1 aromatic heterocycles. The summed E-state index contributed by atoms with van der Waals surface area (Å²) in [4.78, 5) is 31.5. The topological polar surface area (TPSA) is 80.8 Å². The van der Waals surface area contributed by atoms with Crippen LogP contribution in [0.2, 0.25) is 0 Å².